The number of para-hydroxylation sites is 1. The second kappa shape index (κ2) is 7.44. The molecule has 1 heterocycles. The van der Waals surface area contributed by atoms with Crippen LogP contribution in [-0.4, -0.2) is 35.5 Å². The highest BCUT2D eigenvalue weighted by Gasteiger charge is 2.14. The van der Waals surface area contributed by atoms with Gasteiger partial charge in [0.25, 0.3) is 0 Å². The van der Waals surface area contributed by atoms with E-state index in [-0.39, 0.29) is 18.4 Å². The average Bonchev–Trinajstić information content (AvgIpc) is 2.90. The smallest absolute Gasteiger partial charge is 0.245 e. The molecule has 1 aromatic heterocycles. The number of hydrogen-bond acceptors (Lipinski definition) is 5. The molecule has 0 saturated carbocycles. The SMILES string of the molecule is Cc1cc(NC(=O)CN(C)C(=O)CCc2ccccc2N)no1. The number of nitrogen functional groups attached to an aromatic ring is 1. The number of nitrogens with one attached hydrogen (secondary N) is 1. The zero-order chi connectivity index (χ0) is 16.8. The largest absolute Gasteiger partial charge is 0.399 e. The summed E-state index contributed by atoms with van der Waals surface area (Å²) in [5.41, 5.74) is 7.44. The molecule has 0 fully saturated rings. The molecular weight excluding hydrogens is 296 g/mol. The third-order valence-corrected chi connectivity index (χ3v) is 3.37. The topological polar surface area (TPSA) is 101 Å². The molecule has 0 bridgehead atoms. The Morgan fingerprint density at radius 1 is 1.35 bits per heavy atom. The summed E-state index contributed by atoms with van der Waals surface area (Å²) in [4.78, 5) is 25.3. The van der Waals surface area contributed by atoms with Gasteiger partial charge in [0.1, 0.15) is 5.76 Å². The molecule has 0 spiro atoms. The van der Waals surface area contributed by atoms with E-state index >= 15 is 0 Å². The summed E-state index contributed by atoms with van der Waals surface area (Å²) in [7, 11) is 1.59. The molecule has 0 aliphatic rings. The maximum Gasteiger partial charge on any atom is 0.245 e. The van der Waals surface area contributed by atoms with Crippen molar-refractivity contribution >= 4 is 23.3 Å². The van der Waals surface area contributed by atoms with E-state index in [0.717, 1.165) is 5.56 Å². The maximum atomic E-state index is 12.1. The second-order valence-corrected chi connectivity index (χ2v) is 5.32. The van der Waals surface area contributed by atoms with Gasteiger partial charge in [-0.2, -0.15) is 0 Å². The standard InChI is InChI=1S/C16H20N4O3/c1-11-9-14(19-23-11)18-15(21)10-20(2)16(22)8-7-12-5-3-4-6-13(12)17/h3-6,9H,7-8,10,17H2,1-2H3,(H,18,19,21). The number of hydrogen-bond donors (Lipinski definition) is 2. The van der Waals surface area contributed by atoms with Crippen LogP contribution in [0.4, 0.5) is 11.5 Å². The van der Waals surface area contributed by atoms with Crippen LogP contribution in [0.25, 0.3) is 0 Å². The average molecular weight is 316 g/mol. The van der Waals surface area contributed by atoms with E-state index in [1.165, 1.54) is 4.90 Å². The summed E-state index contributed by atoms with van der Waals surface area (Å²) < 4.78 is 4.86. The first-order valence-corrected chi connectivity index (χ1v) is 7.26. The van der Waals surface area contributed by atoms with Gasteiger partial charge in [-0.1, -0.05) is 23.4 Å². The molecule has 7 heteroatoms. The lowest BCUT2D eigenvalue weighted by Gasteiger charge is -2.16. The minimum absolute atomic E-state index is 0.0466. The van der Waals surface area contributed by atoms with E-state index in [9.17, 15) is 9.59 Å². The number of carbonyl (C=O) groups excluding carboxylic acids is 2. The lowest BCUT2D eigenvalue weighted by atomic mass is 10.1. The van der Waals surface area contributed by atoms with Gasteiger partial charge in [0.05, 0.1) is 6.54 Å². The van der Waals surface area contributed by atoms with E-state index in [1.807, 2.05) is 18.2 Å². The summed E-state index contributed by atoms with van der Waals surface area (Å²) in [5.74, 6) is 0.490. The zero-order valence-electron chi connectivity index (χ0n) is 13.2. The van der Waals surface area contributed by atoms with Crippen molar-refractivity contribution in [2.75, 3.05) is 24.6 Å². The van der Waals surface area contributed by atoms with Gasteiger partial charge in [-0.25, -0.2) is 0 Å². The van der Waals surface area contributed by atoms with E-state index in [4.69, 9.17) is 10.3 Å². The van der Waals surface area contributed by atoms with Crippen LogP contribution in [0.5, 0.6) is 0 Å². The number of benzene rings is 1. The molecule has 0 radical (unpaired) electrons. The highest BCUT2D eigenvalue weighted by molar-refractivity contribution is 5.93. The van der Waals surface area contributed by atoms with Gasteiger partial charge in [-0.3, -0.25) is 9.59 Å². The molecule has 0 aliphatic heterocycles. The number of aromatic nitrogens is 1. The van der Waals surface area contributed by atoms with Crippen LogP contribution in [0.15, 0.2) is 34.9 Å². The van der Waals surface area contributed by atoms with Crippen LogP contribution in [0.3, 0.4) is 0 Å². The van der Waals surface area contributed by atoms with Gasteiger partial charge >= 0.3 is 0 Å². The normalized spacial score (nSPS) is 10.3. The zero-order valence-corrected chi connectivity index (χ0v) is 13.2. The number of nitrogens with zero attached hydrogens (tertiary/aromatic N) is 2. The van der Waals surface area contributed by atoms with Crippen molar-refractivity contribution < 1.29 is 14.1 Å². The quantitative estimate of drug-likeness (QED) is 0.788. The first-order valence-electron chi connectivity index (χ1n) is 7.26. The summed E-state index contributed by atoms with van der Waals surface area (Å²) in [6, 6.07) is 9.03. The molecule has 0 aliphatic carbocycles. The predicted molar refractivity (Wildman–Crippen MR) is 86.7 cm³/mol. The number of likely N-dealkylation sites (N-methyl/N-ethyl adjacent to an activating group) is 1. The monoisotopic (exact) mass is 316 g/mol. The molecule has 23 heavy (non-hydrogen) atoms. The first-order chi connectivity index (χ1) is 11.0. The van der Waals surface area contributed by atoms with Crippen LogP contribution in [0.1, 0.15) is 17.7 Å². The van der Waals surface area contributed by atoms with Crippen LogP contribution in [0.2, 0.25) is 0 Å². The van der Waals surface area contributed by atoms with Crippen molar-refractivity contribution in [3.05, 3.63) is 41.7 Å². The van der Waals surface area contributed by atoms with Crippen molar-refractivity contribution in [3.8, 4) is 0 Å². The Hall–Kier alpha value is -2.83. The van der Waals surface area contributed by atoms with Crippen molar-refractivity contribution in [3.63, 3.8) is 0 Å². The molecule has 2 aromatic rings. The Kier molecular flexibility index (Phi) is 5.35. The van der Waals surface area contributed by atoms with Gasteiger partial charge in [0, 0.05) is 25.2 Å². The highest BCUT2D eigenvalue weighted by atomic mass is 16.5. The summed E-state index contributed by atoms with van der Waals surface area (Å²) >= 11 is 0. The molecule has 0 atom stereocenters. The maximum absolute atomic E-state index is 12.1. The van der Waals surface area contributed by atoms with Crippen LogP contribution < -0.4 is 11.1 Å². The van der Waals surface area contributed by atoms with Crippen molar-refractivity contribution in [2.24, 2.45) is 0 Å². The van der Waals surface area contributed by atoms with Gasteiger partial charge in [-0.05, 0) is 25.0 Å². The van der Waals surface area contributed by atoms with Crippen molar-refractivity contribution in [1.82, 2.24) is 10.1 Å². The lowest BCUT2D eigenvalue weighted by Crippen LogP contribution is -2.35. The molecule has 3 N–H and O–H groups in total. The fourth-order valence-corrected chi connectivity index (χ4v) is 2.11. The molecule has 0 saturated heterocycles. The summed E-state index contributed by atoms with van der Waals surface area (Å²) in [6.45, 7) is 1.68. The molecular formula is C16H20N4O3. The summed E-state index contributed by atoms with van der Waals surface area (Å²) in [5, 5.41) is 6.24. The Labute approximate surface area is 134 Å². The van der Waals surface area contributed by atoms with Gasteiger partial charge in [-0.15, -0.1) is 0 Å². The molecule has 2 amide bonds. The van der Waals surface area contributed by atoms with Crippen molar-refractivity contribution in [2.45, 2.75) is 19.8 Å². The van der Waals surface area contributed by atoms with Crippen molar-refractivity contribution in [1.29, 1.82) is 0 Å². The molecule has 2 rings (SSSR count). The van der Waals surface area contributed by atoms with Gasteiger partial charge in [0.2, 0.25) is 11.8 Å². The number of rotatable bonds is 6. The van der Waals surface area contributed by atoms with E-state index < -0.39 is 0 Å². The fraction of sp³-hybridized carbons (Fsp3) is 0.312. The number of carbonyl (C=O) groups is 2. The predicted octanol–water partition coefficient (Wildman–Crippen LogP) is 1.59. The number of aryl methyl sites for hydroxylation is 2. The van der Waals surface area contributed by atoms with Gasteiger partial charge < -0.3 is 20.5 Å². The summed E-state index contributed by atoms with van der Waals surface area (Å²) in [6.07, 6.45) is 0.834. The third-order valence-electron chi connectivity index (χ3n) is 3.37. The number of nitrogens with two attached hydrogens (primary N) is 1. The van der Waals surface area contributed by atoms with Crippen LogP contribution >= 0.6 is 0 Å². The number of amides is 2. The molecule has 122 valence electrons. The lowest BCUT2D eigenvalue weighted by molar-refractivity contribution is -0.133. The van der Waals surface area contributed by atoms with E-state index in [0.29, 0.717) is 30.1 Å². The minimum Gasteiger partial charge on any atom is -0.399 e. The van der Waals surface area contributed by atoms with E-state index in [1.54, 1.807) is 26.1 Å². The first kappa shape index (κ1) is 16.5. The molecule has 0 unspecified atom stereocenters. The Morgan fingerprint density at radius 2 is 2.09 bits per heavy atom. The van der Waals surface area contributed by atoms with Gasteiger partial charge in [0.15, 0.2) is 5.82 Å². The molecule has 7 nitrogen and oxygen atoms in total. The van der Waals surface area contributed by atoms with Crippen LogP contribution in [-0.2, 0) is 16.0 Å². The third kappa shape index (κ3) is 4.84. The minimum atomic E-state index is -0.326. The molecule has 1 aromatic carbocycles. The van der Waals surface area contributed by atoms with Crippen LogP contribution in [0, 0.1) is 6.92 Å². The number of anilines is 2. The fourth-order valence-electron chi connectivity index (χ4n) is 2.11. The Balaban J connectivity index is 1.80. The highest BCUT2D eigenvalue weighted by Crippen LogP contribution is 2.13. The van der Waals surface area contributed by atoms with E-state index in [2.05, 4.69) is 10.5 Å². The second-order valence-electron chi connectivity index (χ2n) is 5.32. The Bertz CT molecular complexity index is 696. The Morgan fingerprint density at radius 3 is 2.74 bits per heavy atom.